The average Bonchev–Trinajstić information content (AvgIpc) is 3.30. The molecule has 0 saturated heterocycles. The van der Waals surface area contributed by atoms with E-state index in [0.717, 1.165) is 29.1 Å². The van der Waals surface area contributed by atoms with Gasteiger partial charge >= 0.3 is 6.61 Å². The lowest BCUT2D eigenvalue weighted by Crippen LogP contribution is -2.26. The third-order valence-corrected chi connectivity index (χ3v) is 7.09. The molecule has 1 unspecified atom stereocenters. The number of aromatic amines is 1. The molecule has 3 aromatic carbocycles. The second-order valence-corrected chi connectivity index (χ2v) is 10.1. The molecular formula is C26H28F2N4O5S. The number of benzene rings is 3. The Kier molecular flexibility index (Phi) is 8.77. The van der Waals surface area contributed by atoms with Crippen LogP contribution < -0.4 is 19.5 Å². The van der Waals surface area contributed by atoms with E-state index in [9.17, 15) is 22.3 Å². The van der Waals surface area contributed by atoms with E-state index in [1.165, 1.54) is 30.3 Å². The second-order valence-electron chi connectivity index (χ2n) is 8.39. The summed E-state index contributed by atoms with van der Waals surface area (Å²) in [6, 6.07) is 16.8. The van der Waals surface area contributed by atoms with Gasteiger partial charge < -0.3 is 19.9 Å². The summed E-state index contributed by atoms with van der Waals surface area (Å²) < 4.78 is 62.8. The van der Waals surface area contributed by atoms with Gasteiger partial charge in [-0.1, -0.05) is 25.1 Å². The van der Waals surface area contributed by atoms with Crippen LogP contribution in [0.3, 0.4) is 0 Å². The lowest BCUT2D eigenvalue weighted by molar-refractivity contribution is -0.0499. The molecule has 0 amide bonds. The molecule has 1 atom stereocenters. The highest BCUT2D eigenvalue weighted by Crippen LogP contribution is 2.24. The van der Waals surface area contributed by atoms with Gasteiger partial charge in [-0.25, -0.2) is 8.42 Å². The molecule has 0 bridgehead atoms. The number of H-pyrrole nitrogens is 1. The minimum atomic E-state index is -4.07. The number of fused-ring (bicyclic) bond motifs is 1. The summed E-state index contributed by atoms with van der Waals surface area (Å²) in [6.45, 7) is 0.0455. The van der Waals surface area contributed by atoms with Crippen molar-refractivity contribution >= 4 is 26.6 Å². The Bertz CT molecular complexity index is 1480. The van der Waals surface area contributed by atoms with E-state index in [-0.39, 0.29) is 22.9 Å². The number of aliphatic hydroxyl groups excluding tert-OH is 1. The van der Waals surface area contributed by atoms with Crippen molar-refractivity contribution < 1.29 is 31.8 Å². The second kappa shape index (κ2) is 12.2. The summed E-state index contributed by atoms with van der Waals surface area (Å²) in [7, 11) is -4.07. The predicted molar refractivity (Wildman–Crippen MR) is 139 cm³/mol. The molecule has 0 fully saturated rings. The molecule has 0 radical (unpaired) electrons. The minimum Gasteiger partial charge on any atom is -0.492 e. The van der Waals surface area contributed by atoms with Gasteiger partial charge in [0.25, 0.3) is 10.0 Å². The van der Waals surface area contributed by atoms with Crippen LogP contribution in [-0.2, 0) is 16.4 Å². The van der Waals surface area contributed by atoms with Crippen LogP contribution in [-0.4, -0.2) is 50.0 Å². The fraction of sp³-hybridized carbons (Fsp3) is 0.269. The number of hydrogen-bond donors (Lipinski definition) is 4. The van der Waals surface area contributed by atoms with Gasteiger partial charge in [-0.2, -0.15) is 13.9 Å². The molecule has 9 nitrogen and oxygen atoms in total. The molecule has 0 aliphatic heterocycles. The first-order valence-electron chi connectivity index (χ1n) is 11.9. The number of rotatable bonds is 13. The van der Waals surface area contributed by atoms with E-state index >= 15 is 0 Å². The summed E-state index contributed by atoms with van der Waals surface area (Å²) in [6.07, 6.45) is -0.0416. The van der Waals surface area contributed by atoms with E-state index in [1.807, 2.05) is 18.2 Å². The Morgan fingerprint density at radius 3 is 2.66 bits per heavy atom. The third kappa shape index (κ3) is 6.97. The normalized spacial score (nSPS) is 12.6. The van der Waals surface area contributed by atoms with Gasteiger partial charge in [0.1, 0.15) is 18.1 Å². The molecule has 38 heavy (non-hydrogen) atoms. The largest absolute Gasteiger partial charge is 0.492 e. The summed E-state index contributed by atoms with van der Waals surface area (Å²) in [5, 5.41) is 22.0. The standard InChI is InChI=1S/C26H28F2N4O5S/c1-2-23-22-10-9-19(15-24(22)31-30-23)36-12-11-29-16-25(33)17-5-3-6-18(13-17)32-38(34,35)21-8-4-7-20(14-21)37-26(27)28/h3-10,13-15,25-26,29,32-33H,2,11-12,16H2,1H3,(H,30,31). The summed E-state index contributed by atoms with van der Waals surface area (Å²) in [4.78, 5) is -0.236. The van der Waals surface area contributed by atoms with E-state index in [4.69, 9.17) is 4.74 Å². The predicted octanol–water partition coefficient (Wildman–Crippen LogP) is 4.23. The zero-order valence-corrected chi connectivity index (χ0v) is 21.3. The molecule has 1 aromatic heterocycles. The number of aromatic nitrogens is 2. The van der Waals surface area contributed by atoms with Crippen LogP contribution in [0, 0.1) is 0 Å². The molecule has 4 rings (SSSR count). The number of aliphatic hydroxyl groups is 1. The third-order valence-electron chi connectivity index (χ3n) is 5.71. The highest BCUT2D eigenvalue weighted by atomic mass is 32.2. The quantitative estimate of drug-likeness (QED) is 0.185. The number of hydrogen-bond acceptors (Lipinski definition) is 7. The van der Waals surface area contributed by atoms with Crippen molar-refractivity contribution in [3.63, 3.8) is 0 Å². The van der Waals surface area contributed by atoms with Gasteiger partial charge in [-0.05, 0) is 48.4 Å². The fourth-order valence-electron chi connectivity index (χ4n) is 3.85. The van der Waals surface area contributed by atoms with Gasteiger partial charge in [0.15, 0.2) is 0 Å². The number of halogens is 2. The van der Waals surface area contributed by atoms with Crippen molar-refractivity contribution in [2.45, 2.75) is 31.0 Å². The topological polar surface area (TPSA) is 126 Å². The van der Waals surface area contributed by atoms with Gasteiger partial charge in [0.2, 0.25) is 0 Å². The monoisotopic (exact) mass is 546 g/mol. The maximum absolute atomic E-state index is 12.7. The zero-order chi connectivity index (χ0) is 27.1. The lowest BCUT2D eigenvalue weighted by atomic mass is 10.1. The van der Waals surface area contributed by atoms with Gasteiger partial charge in [-0.3, -0.25) is 9.82 Å². The molecule has 1 heterocycles. The molecule has 0 aliphatic carbocycles. The number of ether oxygens (including phenoxy) is 2. The molecule has 0 spiro atoms. The number of nitrogens with one attached hydrogen (secondary N) is 3. The van der Waals surface area contributed by atoms with E-state index in [0.29, 0.717) is 24.5 Å². The molecule has 4 aromatic rings. The summed E-state index contributed by atoms with van der Waals surface area (Å²) in [5.74, 6) is 0.426. The Labute approximate surface area is 218 Å². The summed E-state index contributed by atoms with van der Waals surface area (Å²) >= 11 is 0. The van der Waals surface area contributed by atoms with Gasteiger partial charge in [0, 0.05) is 42.0 Å². The molecule has 4 N–H and O–H groups in total. The van der Waals surface area contributed by atoms with Crippen LogP contribution in [0.4, 0.5) is 14.5 Å². The Morgan fingerprint density at radius 2 is 1.87 bits per heavy atom. The lowest BCUT2D eigenvalue weighted by Gasteiger charge is -2.15. The number of alkyl halides is 2. The molecule has 0 aliphatic rings. The maximum Gasteiger partial charge on any atom is 0.387 e. The maximum atomic E-state index is 12.7. The number of sulfonamides is 1. The SMILES string of the molecule is CCc1[nH]nc2cc(OCCNCC(O)c3cccc(NS(=O)(=O)c4cccc(OC(F)F)c4)c3)ccc12. The van der Waals surface area contributed by atoms with Crippen molar-refractivity contribution in [1.29, 1.82) is 0 Å². The number of nitrogens with zero attached hydrogens (tertiary/aromatic N) is 1. The zero-order valence-electron chi connectivity index (χ0n) is 20.5. The minimum absolute atomic E-state index is 0.213. The average molecular weight is 547 g/mol. The van der Waals surface area contributed by atoms with Gasteiger partial charge in [-0.15, -0.1) is 0 Å². The highest BCUT2D eigenvalue weighted by Gasteiger charge is 2.17. The number of anilines is 1. The highest BCUT2D eigenvalue weighted by molar-refractivity contribution is 7.92. The first-order chi connectivity index (χ1) is 18.2. The Morgan fingerprint density at radius 1 is 1.05 bits per heavy atom. The van der Waals surface area contributed by atoms with E-state index < -0.39 is 22.7 Å². The van der Waals surface area contributed by atoms with Crippen LogP contribution in [0.2, 0.25) is 0 Å². The summed E-state index contributed by atoms with van der Waals surface area (Å²) in [5.41, 5.74) is 2.62. The molecule has 202 valence electrons. The Hall–Kier alpha value is -3.74. The van der Waals surface area contributed by atoms with Crippen LogP contribution >= 0.6 is 0 Å². The number of aryl methyl sites for hydroxylation is 1. The van der Waals surface area contributed by atoms with E-state index in [2.05, 4.69) is 31.9 Å². The van der Waals surface area contributed by atoms with Crippen LogP contribution in [0.1, 0.15) is 24.3 Å². The smallest absolute Gasteiger partial charge is 0.387 e. The van der Waals surface area contributed by atoms with Gasteiger partial charge in [0.05, 0.1) is 16.5 Å². The first-order valence-corrected chi connectivity index (χ1v) is 13.4. The molecule has 0 saturated carbocycles. The van der Waals surface area contributed by atoms with Crippen LogP contribution in [0.5, 0.6) is 11.5 Å². The molecular weight excluding hydrogens is 518 g/mol. The molecule has 12 heteroatoms. The van der Waals surface area contributed by atoms with E-state index in [1.54, 1.807) is 12.1 Å². The van der Waals surface area contributed by atoms with Crippen molar-refractivity contribution in [1.82, 2.24) is 15.5 Å². The van der Waals surface area contributed by atoms with Crippen LogP contribution in [0.15, 0.2) is 71.6 Å². The van der Waals surface area contributed by atoms with Crippen molar-refractivity contribution in [3.8, 4) is 11.5 Å². The van der Waals surface area contributed by atoms with Crippen molar-refractivity contribution in [2.75, 3.05) is 24.4 Å². The first kappa shape index (κ1) is 27.3. The van der Waals surface area contributed by atoms with Crippen molar-refractivity contribution in [3.05, 3.63) is 78.0 Å². The van der Waals surface area contributed by atoms with Crippen molar-refractivity contribution in [2.24, 2.45) is 0 Å². The fourth-order valence-corrected chi connectivity index (χ4v) is 4.93. The Balaban J connectivity index is 1.28. The van der Waals surface area contributed by atoms with Crippen LogP contribution in [0.25, 0.3) is 10.9 Å².